The van der Waals surface area contributed by atoms with E-state index in [1.807, 2.05) is 0 Å². The molecule has 120 valence electrons. The first-order valence-corrected chi connectivity index (χ1v) is 8.88. The first-order valence-electron chi connectivity index (χ1n) is 8.88. The van der Waals surface area contributed by atoms with Crippen molar-refractivity contribution in [1.29, 1.82) is 0 Å². The molecule has 1 aromatic rings. The molecule has 0 unspecified atom stereocenters. The summed E-state index contributed by atoms with van der Waals surface area (Å²) in [5.41, 5.74) is 2.58. The Balaban J connectivity index is 1.43. The van der Waals surface area contributed by atoms with E-state index in [9.17, 15) is 0 Å². The predicted molar refractivity (Wildman–Crippen MR) is 90.8 cm³/mol. The molecule has 1 saturated heterocycles. The second-order valence-electron chi connectivity index (χ2n) is 7.44. The number of benzene rings is 1. The molecule has 3 atom stereocenters. The largest absolute Gasteiger partial charge is 0.495 e. The van der Waals surface area contributed by atoms with E-state index in [4.69, 9.17) is 4.74 Å². The van der Waals surface area contributed by atoms with Gasteiger partial charge in [-0.15, -0.1) is 0 Å². The summed E-state index contributed by atoms with van der Waals surface area (Å²) in [6, 6.07) is 7.40. The fourth-order valence-electron chi connectivity index (χ4n) is 5.00. The van der Waals surface area contributed by atoms with Crippen LogP contribution >= 0.6 is 0 Å². The second kappa shape index (κ2) is 5.77. The summed E-state index contributed by atoms with van der Waals surface area (Å²) in [6.45, 7) is 6.85. The molecule has 0 amide bonds. The Bertz CT molecular complexity index is 536. The SMILES string of the molecule is COc1ccc(C)cc1N1CCN([C@@H]2C[C@H]3CC[C@H]2C3)CC1. The topological polar surface area (TPSA) is 15.7 Å². The van der Waals surface area contributed by atoms with Gasteiger partial charge in [-0.05, 0) is 55.7 Å². The van der Waals surface area contributed by atoms with Gasteiger partial charge in [0.2, 0.25) is 0 Å². The highest BCUT2D eigenvalue weighted by Crippen LogP contribution is 2.46. The molecule has 0 aromatic heterocycles. The van der Waals surface area contributed by atoms with Gasteiger partial charge in [0.05, 0.1) is 12.8 Å². The predicted octanol–water partition coefficient (Wildman–Crippen LogP) is 3.31. The number of ether oxygens (including phenoxy) is 1. The molecule has 1 aliphatic heterocycles. The lowest BCUT2D eigenvalue weighted by Crippen LogP contribution is -2.51. The second-order valence-corrected chi connectivity index (χ2v) is 7.44. The molecule has 3 fully saturated rings. The molecule has 4 rings (SSSR count). The van der Waals surface area contributed by atoms with Gasteiger partial charge >= 0.3 is 0 Å². The average molecular weight is 300 g/mol. The highest BCUT2D eigenvalue weighted by molar-refractivity contribution is 5.60. The number of rotatable bonds is 3. The van der Waals surface area contributed by atoms with Gasteiger partial charge in [-0.3, -0.25) is 4.90 Å². The zero-order valence-corrected chi connectivity index (χ0v) is 13.9. The summed E-state index contributed by atoms with van der Waals surface area (Å²) in [5, 5.41) is 0. The zero-order chi connectivity index (χ0) is 15.1. The summed E-state index contributed by atoms with van der Waals surface area (Å²) < 4.78 is 5.57. The molecule has 3 aliphatic rings. The van der Waals surface area contributed by atoms with Gasteiger partial charge in [0.25, 0.3) is 0 Å². The Hall–Kier alpha value is -1.22. The number of aryl methyl sites for hydroxylation is 1. The van der Waals surface area contributed by atoms with E-state index < -0.39 is 0 Å². The number of anilines is 1. The minimum atomic E-state index is 0.889. The molecule has 2 saturated carbocycles. The smallest absolute Gasteiger partial charge is 0.142 e. The fourth-order valence-corrected chi connectivity index (χ4v) is 5.00. The summed E-state index contributed by atoms with van der Waals surface area (Å²) in [5.74, 6) is 3.06. The van der Waals surface area contributed by atoms with E-state index >= 15 is 0 Å². The third kappa shape index (κ3) is 2.50. The van der Waals surface area contributed by atoms with Gasteiger partial charge < -0.3 is 9.64 Å². The van der Waals surface area contributed by atoms with E-state index in [2.05, 4.69) is 34.9 Å². The van der Waals surface area contributed by atoms with Crippen molar-refractivity contribution in [3.63, 3.8) is 0 Å². The Morgan fingerprint density at radius 3 is 2.50 bits per heavy atom. The molecule has 2 bridgehead atoms. The van der Waals surface area contributed by atoms with Crippen LogP contribution in [-0.2, 0) is 0 Å². The maximum Gasteiger partial charge on any atom is 0.142 e. The van der Waals surface area contributed by atoms with Crippen molar-refractivity contribution >= 4 is 5.69 Å². The fraction of sp³-hybridized carbons (Fsp3) is 0.684. The van der Waals surface area contributed by atoms with E-state index in [-0.39, 0.29) is 0 Å². The van der Waals surface area contributed by atoms with Crippen LogP contribution in [0.4, 0.5) is 5.69 Å². The quantitative estimate of drug-likeness (QED) is 0.852. The number of hydrogen-bond acceptors (Lipinski definition) is 3. The van der Waals surface area contributed by atoms with Gasteiger partial charge in [0, 0.05) is 32.2 Å². The minimum Gasteiger partial charge on any atom is -0.495 e. The first kappa shape index (κ1) is 14.4. The molecule has 3 heteroatoms. The van der Waals surface area contributed by atoms with Gasteiger partial charge in [-0.25, -0.2) is 0 Å². The monoisotopic (exact) mass is 300 g/mol. The van der Waals surface area contributed by atoms with Crippen LogP contribution in [0, 0.1) is 18.8 Å². The third-order valence-corrected chi connectivity index (χ3v) is 6.16. The van der Waals surface area contributed by atoms with Crippen molar-refractivity contribution in [2.45, 2.75) is 38.6 Å². The summed E-state index contributed by atoms with van der Waals surface area (Å²) in [4.78, 5) is 5.29. The average Bonchev–Trinajstić information content (AvgIpc) is 3.18. The van der Waals surface area contributed by atoms with Crippen molar-refractivity contribution in [2.24, 2.45) is 11.8 Å². The number of piperazine rings is 1. The van der Waals surface area contributed by atoms with Gasteiger partial charge in [0.1, 0.15) is 5.75 Å². The van der Waals surface area contributed by atoms with Crippen molar-refractivity contribution in [3.05, 3.63) is 23.8 Å². The number of hydrogen-bond donors (Lipinski definition) is 0. The lowest BCUT2D eigenvalue weighted by Gasteiger charge is -2.42. The van der Waals surface area contributed by atoms with E-state index in [0.717, 1.165) is 36.7 Å². The molecule has 1 heterocycles. The number of nitrogens with zero attached hydrogens (tertiary/aromatic N) is 2. The van der Waals surface area contributed by atoms with Gasteiger partial charge in [0.15, 0.2) is 0 Å². The minimum absolute atomic E-state index is 0.889. The molecule has 2 aliphatic carbocycles. The van der Waals surface area contributed by atoms with Crippen LogP contribution < -0.4 is 9.64 Å². The van der Waals surface area contributed by atoms with Crippen LogP contribution in [0.15, 0.2) is 18.2 Å². The number of fused-ring (bicyclic) bond motifs is 2. The summed E-state index contributed by atoms with van der Waals surface area (Å²) >= 11 is 0. The lowest BCUT2D eigenvalue weighted by molar-refractivity contribution is 0.135. The van der Waals surface area contributed by atoms with Crippen molar-refractivity contribution in [3.8, 4) is 5.75 Å². The Labute approximate surface area is 134 Å². The first-order chi connectivity index (χ1) is 10.7. The third-order valence-electron chi connectivity index (χ3n) is 6.16. The van der Waals surface area contributed by atoms with Gasteiger partial charge in [-0.1, -0.05) is 12.5 Å². The Morgan fingerprint density at radius 1 is 1.05 bits per heavy atom. The van der Waals surface area contributed by atoms with Crippen LogP contribution in [-0.4, -0.2) is 44.2 Å². The molecule has 1 aromatic carbocycles. The molecular formula is C19H28N2O. The van der Waals surface area contributed by atoms with Crippen molar-refractivity contribution in [2.75, 3.05) is 38.2 Å². The van der Waals surface area contributed by atoms with E-state index in [1.165, 1.54) is 50.0 Å². The van der Waals surface area contributed by atoms with Gasteiger partial charge in [-0.2, -0.15) is 0 Å². The number of methoxy groups -OCH3 is 1. The van der Waals surface area contributed by atoms with Crippen LogP contribution in [0.5, 0.6) is 5.75 Å². The van der Waals surface area contributed by atoms with Crippen LogP contribution in [0.2, 0.25) is 0 Å². The molecule has 22 heavy (non-hydrogen) atoms. The highest BCUT2D eigenvalue weighted by atomic mass is 16.5. The van der Waals surface area contributed by atoms with Crippen LogP contribution in [0.1, 0.15) is 31.2 Å². The standard InChI is InChI=1S/C19H28N2O/c1-14-3-6-19(22-2)18(11-14)21-9-7-20(8-10-21)17-13-15-4-5-16(17)12-15/h3,6,11,15-17H,4-5,7-10,12-13H2,1-2H3/t15-,16-,17+/m0/s1. The molecular weight excluding hydrogens is 272 g/mol. The Kier molecular flexibility index (Phi) is 3.77. The highest BCUT2D eigenvalue weighted by Gasteiger charge is 2.42. The van der Waals surface area contributed by atoms with Crippen LogP contribution in [0.25, 0.3) is 0 Å². The summed E-state index contributed by atoms with van der Waals surface area (Å²) in [6.07, 6.45) is 5.97. The molecule has 0 spiro atoms. The Morgan fingerprint density at radius 2 is 1.86 bits per heavy atom. The normalized spacial score (nSPS) is 31.7. The molecule has 0 radical (unpaired) electrons. The maximum absolute atomic E-state index is 5.57. The van der Waals surface area contributed by atoms with Crippen LogP contribution in [0.3, 0.4) is 0 Å². The summed E-state index contributed by atoms with van der Waals surface area (Å²) in [7, 11) is 1.78. The van der Waals surface area contributed by atoms with E-state index in [1.54, 1.807) is 7.11 Å². The van der Waals surface area contributed by atoms with Crippen molar-refractivity contribution in [1.82, 2.24) is 4.90 Å². The van der Waals surface area contributed by atoms with E-state index in [0.29, 0.717) is 0 Å². The molecule has 3 nitrogen and oxygen atoms in total. The van der Waals surface area contributed by atoms with Crippen molar-refractivity contribution < 1.29 is 4.74 Å². The lowest BCUT2D eigenvalue weighted by atomic mass is 9.93. The zero-order valence-electron chi connectivity index (χ0n) is 13.9. The molecule has 0 N–H and O–H groups in total. The maximum atomic E-state index is 5.57.